The van der Waals surface area contributed by atoms with E-state index >= 15 is 0 Å². The minimum atomic E-state index is 0.166. The van der Waals surface area contributed by atoms with E-state index in [0.29, 0.717) is 27.8 Å². The molecule has 0 aliphatic rings. The van der Waals surface area contributed by atoms with Crippen molar-refractivity contribution in [3.05, 3.63) is 47.0 Å². The molecule has 0 spiro atoms. The first kappa shape index (κ1) is 15.0. The number of nitriles is 1. The Morgan fingerprint density at radius 2 is 1.96 bits per heavy atom. The summed E-state index contributed by atoms with van der Waals surface area (Å²) in [7, 11) is 0. The molecule has 124 valence electrons. The molecule has 0 fully saturated rings. The monoisotopic (exact) mass is 332 g/mol. The van der Waals surface area contributed by atoms with Gasteiger partial charge in [0.05, 0.1) is 11.1 Å². The molecular weight excluding hydrogens is 316 g/mol. The zero-order valence-corrected chi connectivity index (χ0v) is 14.1. The van der Waals surface area contributed by atoms with Gasteiger partial charge in [0.1, 0.15) is 29.0 Å². The maximum Gasteiger partial charge on any atom is 0.153 e. The molecule has 0 saturated carbocycles. The highest BCUT2D eigenvalue weighted by Gasteiger charge is 2.24. The lowest BCUT2D eigenvalue weighted by molar-refractivity contribution is 0.470. The van der Waals surface area contributed by atoms with Gasteiger partial charge in [0.25, 0.3) is 0 Å². The van der Waals surface area contributed by atoms with Gasteiger partial charge in [-0.05, 0) is 32.4 Å². The van der Waals surface area contributed by atoms with Crippen molar-refractivity contribution in [1.82, 2.24) is 18.9 Å². The van der Waals surface area contributed by atoms with Crippen molar-refractivity contribution >= 4 is 22.5 Å². The fourth-order valence-electron chi connectivity index (χ4n) is 3.36. The second kappa shape index (κ2) is 4.98. The number of aromatic nitrogens is 4. The van der Waals surface area contributed by atoms with Gasteiger partial charge in [-0.3, -0.25) is 8.97 Å². The molecule has 3 aromatic heterocycles. The second-order valence-corrected chi connectivity index (χ2v) is 6.06. The number of hydrogen-bond donors (Lipinski definition) is 2. The fraction of sp³-hybridized carbons (Fsp3) is 0.167. The smallest absolute Gasteiger partial charge is 0.153 e. The molecule has 0 unspecified atom stereocenters. The van der Waals surface area contributed by atoms with Gasteiger partial charge in [0, 0.05) is 18.0 Å². The van der Waals surface area contributed by atoms with Crippen LogP contribution < -0.4 is 5.73 Å². The molecule has 4 rings (SSSR count). The van der Waals surface area contributed by atoms with Crippen molar-refractivity contribution in [2.75, 3.05) is 5.73 Å². The molecule has 0 bridgehead atoms. The Morgan fingerprint density at radius 1 is 1.20 bits per heavy atom. The highest BCUT2D eigenvalue weighted by Crippen LogP contribution is 2.36. The van der Waals surface area contributed by atoms with Crippen molar-refractivity contribution in [2.24, 2.45) is 0 Å². The van der Waals surface area contributed by atoms with E-state index in [4.69, 9.17) is 5.73 Å². The molecule has 0 atom stereocenters. The molecular formula is C18H16N6O. The van der Waals surface area contributed by atoms with Crippen molar-refractivity contribution in [1.29, 1.82) is 5.26 Å². The molecule has 0 aliphatic carbocycles. The first-order valence-corrected chi connectivity index (χ1v) is 7.79. The van der Waals surface area contributed by atoms with Crippen molar-refractivity contribution in [2.45, 2.75) is 20.8 Å². The molecule has 0 saturated heterocycles. The number of benzene rings is 1. The number of nitrogens with two attached hydrogens (primary N) is 1. The Labute approximate surface area is 143 Å². The van der Waals surface area contributed by atoms with Gasteiger partial charge < -0.3 is 10.8 Å². The molecule has 7 nitrogen and oxygen atoms in total. The zero-order chi connectivity index (χ0) is 17.9. The van der Waals surface area contributed by atoms with E-state index in [1.165, 1.54) is 0 Å². The van der Waals surface area contributed by atoms with Crippen molar-refractivity contribution in [3.63, 3.8) is 0 Å². The molecule has 4 aromatic rings. The summed E-state index contributed by atoms with van der Waals surface area (Å²) in [6, 6.07) is 5.64. The highest BCUT2D eigenvalue weighted by atomic mass is 16.3. The van der Waals surface area contributed by atoms with Gasteiger partial charge in [0.2, 0.25) is 0 Å². The van der Waals surface area contributed by atoms with Crippen LogP contribution in [0, 0.1) is 32.1 Å². The van der Waals surface area contributed by atoms with Gasteiger partial charge in [0.15, 0.2) is 11.3 Å². The summed E-state index contributed by atoms with van der Waals surface area (Å²) in [5.74, 6) is 1.19. The maximum absolute atomic E-state index is 10.2. The second-order valence-electron chi connectivity index (χ2n) is 6.06. The molecule has 1 aromatic carbocycles. The molecule has 25 heavy (non-hydrogen) atoms. The Bertz CT molecular complexity index is 1210. The van der Waals surface area contributed by atoms with Crippen LogP contribution in [0.4, 0.5) is 5.82 Å². The van der Waals surface area contributed by atoms with Crippen LogP contribution in [0.3, 0.4) is 0 Å². The molecule has 7 heteroatoms. The minimum Gasteiger partial charge on any atom is -0.508 e. The predicted molar refractivity (Wildman–Crippen MR) is 94.8 cm³/mol. The summed E-state index contributed by atoms with van der Waals surface area (Å²) in [6.07, 6.45) is 3.47. The normalized spacial score (nSPS) is 11.3. The number of phenols is 1. The molecule has 0 aliphatic heterocycles. The lowest BCUT2D eigenvalue weighted by atomic mass is 10.1. The number of fused-ring (bicyclic) bond motifs is 3. The Hall–Kier alpha value is -3.53. The van der Waals surface area contributed by atoms with Gasteiger partial charge in [-0.1, -0.05) is 6.07 Å². The average Bonchev–Trinajstić information content (AvgIpc) is 3.16. The summed E-state index contributed by atoms with van der Waals surface area (Å²) in [6.45, 7) is 5.62. The van der Waals surface area contributed by atoms with Gasteiger partial charge in [-0.25, -0.2) is 9.97 Å². The van der Waals surface area contributed by atoms with Crippen LogP contribution in [-0.4, -0.2) is 24.0 Å². The third-order valence-electron chi connectivity index (χ3n) is 4.60. The fourth-order valence-corrected chi connectivity index (χ4v) is 3.36. The number of aromatic hydroxyl groups is 1. The van der Waals surface area contributed by atoms with Crippen molar-refractivity contribution in [3.8, 4) is 17.5 Å². The Morgan fingerprint density at radius 3 is 2.68 bits per heavy atom. The van der Waals surface area contributed by atoms with E-state index in [1.54, 1.807) is 23.0 Å². The van der Waals surface area contributed by atoms with Crippen LogP contribution in [0.15, 0.2) is 24.5 Å². The van der Waals surface area contributed by atoms with E-state index < -0.39 is 0 Å². The number of imidazole rings is 1. The summed E-state index contributed by atoms with van der Waals surface area (Å²) in [4.78, 5) is 9.05. The van der Waals surface area contributed by atoms with E-state index in [9.17, 15) is 10.4 Å². The quantitative estimate of drug-likeness (QED) is 0.557. The van der Waals surface area contributed by atoms with E-state index in [1.807, 2.05) is 31.2 Å². The molecule has 0 radical (unpaired) electrons. The van der Waals surface area contributed by atoms with E-state index in [2.05, 4.69) is 16.0 Å². The number of nitrogen functional groups attached to an aromatic ring is 1. The van der Waals surface area contributed by atoms with E-state index in [-0.39, 0.29) is 11.6 Å². The number of hydrogen-bond acceptors (Lipinski definition) is 5. The molecule has 0 amide bonds. The van der Waals surface area contributed by atoms with Crippen LogP contribution in [0.25, 0.3) is 22.4 Å². The van der Waals surface area contributed by atoms with Crippen molar-refractivity contribution < 1.29 is 5.11 Å². The molecule has 3 N–H and O–H groups in total. The summed E-state index contributed by atoms with van der Waals surface area (Å²) < 4.78 is 3.56. The Balaban J connectivity index is 2.28. The number of aryl methyl sites for hydroxylation is 2. The van der Waals surface area contributed by atoms with Crippen LogP contribution in [-0.2, 0) is 0 Å². The lowest BCUT2D eigenvalue weighted by Crippen LogP contribution is -2.06. The number of nitrogens with zero attached hydrogens (tertiary/aromatic N) is 5. The van der Waals surface area contributed by atoms with Crippen LogP contribution in [0.5, 0.6) is 5.75 Å². The number of rotatable bonds is 1. The van der Waals surface area contributed by atoms with Crippen LogP contribution in [0.1, 0.15) is 22.5 Å². The largest absolute Gasteiger partial charge is 0.508 e. The maximum atomic E-state index is 10.2. The van der Waals surface area contributed by atoms with Gasteiger partial charge >= 0.3 is 0 Å². The lowest BCUT2D eigenvalue weighted by Gasteiger charge is -2.15. The first-order chi connectivity index (χ1) is 12.0. The highest BCUT2D eigenvalue weighted by molar-refractivity contribution is 6.00. The summed E-state index contributed by atoms with van der Waals surface area (Å²) in [5.41, 5.74) is 10.2. The molecule has 3 heterocycles. The Kier molecular flexibility index (Phi) is 2.99. The topological polar surface area (TPSA) is 105 Å². The SMILES string of the molecule is Cc1ccc(O)c(C)c1-n1c(N)c(C#N)c2c1nc(C)n1ccnc21. The summed E-state index contributed by atoms with van der Waals surface area (Å²) in [5, 5.41) is 20.4. The van der Waals surface area contributed by atoms with Crippen LogP contribution >= 0.6 is 0 Å². The van der Waals surface area contributed by atoms with Gasteiger partial charge in [-0.15, -0.1) is 0 Å². The number of anilines is 1. The van der Waals surface area contributed by atoms with Gasteiger partial charge in [-0.2, -0.15) is 5.26 Å². The number of phenolic OH excluding ortho intramolecular Hbond substituents is 1. The third-order valence-corrected chi connectivity index (χ3v) is 4.60. The standard InChI is InChI=1S/C18H16N6O/c1-9-4-5-13(25)10(2)15(9)24-16(20)12(8-19)14-17-21-6-7-23(17)11(3)22-18(14)24/h4-7,25H,20H2,1-3H3. The zero-order valence-electron chi connectivity index (χ0n) is 14.1. The van der Waals surface area contributed by atoms with Crippen LogP contribution in [0.2, 0.25) is 0 Å². The third kappa shape index (κ3) is 1.85. The van der Waals surface area contributed by atoms with E-state index in [0.717, 1.165) is 17.1 Å². The summed E-state index contributed by atoms with van der Waals surface area (Å²) >= 11 is 0. The average molecular weight is 332 g/mol. The minimum absolute atomic E-state index is 0.166. The predicted octanol–water partition coefficient (Wildman–Crippen LogP) is 2.76. The first-order valence-electron chi connectivity index (χ1n) is 7.79.